The lowest BCUT2D eigenvalue weighted by molar-refractivity contribution is 0.974. The SMILES string of the molecule is CC.CC.CC.CC.CC.CC.CC.CC.CC.CC.CC.Cc1ccc2ccccc2c1.Cc1cccc2ccccc12.Cc1ccccc1.Cc1ccccn1.Cc1cccnc1.Cc1ccncc1.Cc1ccncn1.Cc1cnccn1.Cc1cncnc1.Cc1ncccn1.Cc1ncncn1. The van der Waals surface area contributed by atoms with Crippen molar-refractivity contribution in [2.45, 2.75) is 228 Å². The molecule has 8 heterocycles. The molecule has 0 unspecified atom stereocenters. The highest BCUT2D eigenvalue weighted by Gasteiger charge is 1.93. The third kappa shape index (κ3) is 79.4. The van der Waals surface area contributed by atoms with Gasteiger partial charge in [0.05, 0.1) is 5.69 Å². The molecule has 0 aliphatic carbocycles. The molecule has 0 saturated carbocycles. The molecule has 0 aliphatic heterocycles. The van der Waals surface area contributed by atoms with Gasteiger partial charge in [0.2, 0.25) is 0 Å². The standard InChI is InChI=1S/2C11H10.C7H8.3C6H7N.4C5H6N2.C4H5N3.11C2H6/c1-9-5-4-7-10-6-2-3-8-11(9)10;1-9-6-7-10-4-2-3-5-11(10)8-9;1-7-5-3-2-4-6-7;1-6-2-4-7-5-3-6;1-6-3-2-4-7-5-6;1-6-4-2-3-5-7-6;1-5-2-6-4-7-3-5;1-5-4-6-2-3-7-5;1-5-2-3-6-4-7-5;1-5-6-3-2-4-7-5;1-4-6-2-5-3-7-4;11*1-2/h2*2-8H,1H3;2-6H,1H3;3*2-5H,1H3;4*2-4H,1H3;2-3H,1H3;11*1-2H3. The van der Waals surface area contributed by atoms with Crippen LogP contribution in [0.3, 0.4) is 0 Å². The van der Waals surface area contributed by atoms with Crippen molar-refractivity contribution in [1.29, 1.82) is 0 Å². The lowest BCUT2D eigenvalue weighted by atomic mass is 10.1. The normalized spacial score (nSPS) is 7.86. The fourth-order valence-electron chi connectivity index (χ4n) is 6.33. The molecular weight excluding hydrogens is 1310 g/mol. The second-order valence-corrected chi connectivity index (χ2v) is 18.4. The topological polar surface area (TPSA) is 180 Å². The van der Waals surface area contributed by atoms with Crippen molar-refractivity contribution in [2.75, 3.05) is 0 Å². The fourth-order valence-corrected chi connectivity index (χ4v) is 6.33. The molecule has 107 heavy (non-hydrogen) atoms. The number of benzene rings is 5. The third-order valence-electron chi connectivity index (χ3n) is 10.8. The minimum atomic E-state index is 0.759. The maximum atomic E-state index is 3.98. The lowest BCUT2D eigenvalue weighted by Gasteiger charge is -1.98. The Bertz CT molecular complexity index is 3100. The van der Waals surface area contributed by atoms with Gasteiger partial charge in [0.1, 0.15) is 37.0 Å². The molecule has 0 spiro atoms. The van der Waals surface area contributed by atoms with E-state index in [1.165, 1.54) is 74.7 Å². The van der Waals surface area contributed by atoms with E-state index in [4.69, 9.17) is 0 Å². The van der Waals surface area contributed by atoms with Crippen LogP contribution in [0.2, 0.25) is 0 Å². The second-order valence-electron chi connectivity index (χ2n) is 18.4. The van der Waals surface area contributed by atoms with Gasteiger partial charge >= 0.3 is 0 Å². The van der Waals surface area contributed by atoms with E-state index in [0.717, 1.165) is 34.3 Å². The van der Waals surface area contributed by atoms with E-state index in [2.05, 4.69) is 188 Å². The maximum Gasteiger partial charge on any atom is 0.128 e. The van der Waals surface area contributed by atoms with E-state index in [1.54, 1.807) is 80.4 Å². The van der Waals surface area contributed by atoms with Crippen LogP contribution < -0.4 is 0 Å². The molecule has 0 bridgehead atoms. The molecule has 0 saturated heterocycles. The van der Waals surface area contributed by atoms with Crippen LogP contribution in [0.5, 0.6) is 0 Å². The minimum Gasteiger partial charge on any atom is -0.265 e. The molecule has 13 aromatic rings. The molecule has 13 rings (SSSR count). The number of nitrogens with zero attached hydrogens (tertiary/aromatic N) is 14. The van der Waals surface area contributed by atoms with Crippen molar-refractivity contribution in [3.05, 3.63) is 338 Å². The van der Waals surface area contributed by atoms with E-state index >= 15 is 0 Å². The molecule has 586 valence electrons. The zero-order valence-corrected chi connectivity index (χ0v) is 72.7. The van der Waals surface area contributed by atoms with Crippen LogP contribution in [-0.2, 0) is 0 Å². The van der Waals surface area contributed by atoms with Gasteiger partial charge in [0.25, 0.3) is 0 Å². The largest absolute Gasteiger partial charge is 0.265 e. The zero-order chi connectivity index (χ0) is 83.4. The van der Waals surface area contributed by atoms with Crippen molar-refractivity contribution in [2.24, 2.45) is 0 Å². The highest BCUT2D eigenvalue weighted by Crippen LogP contribution is 2.17. The predicted octanol–water partition coefficient (Wildman–Crippen LogP) is 27.1. The van der Waals surface area contributed by atoms with E-state index in [0.29, 0.717) is 0 Å². The van der Waals surface area contributed by atoms with E-state index in [-0.39, 0.29) is 0 Å². The monoisotopic (exact) mass is 1460 g/mol. The highest BCUT2D eigenvalue weighted by atomic mass is 15.0. The summed E-state index contributed by atoms with van der Waals surface area (Å²) in [5, 5.41) is 5.33. The molecule has 0 aliphatic rings. The summed E-state index contributed by atoms with van der Waals surface area (Å²) >= 11 is 0. The first-order chi connectivity index (χ1) is 52.3. The van der Waals surface area contributed by atoms with Crippen LogP contribution in [0.1, 0.15) is 214 Å². The van der Waals surface area contributed by atoms with Crippen LogP contribution in [0, 0.1) is 76.2 Å². The lowest BCUT2D eigenvalue weighted by Crippen LogP contribution is -1.84. The summed E-state index contributed by atoms with van der Waals surface area (Å²) in [7, 11) is 0. The Morgan fingerprint density at radius 1 is 0.187 bits per heavy atom. The van der Waals surface area contributed by atoms with Gasteiger partial charge in [-0.3, -0.25) is 24.9 Å². The fraction of sp³-hybridized carbons (Fsp3) is 0.355. The average Bonchev–Trinajstić information content (AvgIpc) is 0.849. The van der Waals surface area contributed by atoms with Crippen LogP contribution in [0.4, 0.5) is 0 Å². The molecule has 5 aromatic carbocycles. The molecule has 0 amide bonds. The molecule has 14 nitrogen and oxygen atoms in total. The summed E-state index contributed by atoms with van der Waals surface area (Å²) in [6.45, 7) is 65.9. The quantitative estimate of drug-likeness (QED) is 0.140. The Balaban J connectivity index is -0.000000138. The molecule has 0 atom stereocenters. The van der Waals surface area contributed by atoms with Gasteiger partial charge < -0.3 is 0 Å². The third-order valence-corrected chi connectivity index (χ3v) is 10.8. The van der Waals surface area contributed by atoms with Crippen LogP contribution in [0.15, 0.2) is 276 Å². The first kappa shape index (κ1) is 115. The van der Waals surface area contributed by atoms with Crippen molar-refractivity contribution in [3.8, 4) is 0 Å². The first-order valence-electron chi connectivity index (χ1n) is 38.3. The van der Waals surface area contributed by atoms with Crippen molar-refractivity contribution >= 4 is 21.5 Å². The number of aromatic nitrogens is 14. The number of pyridine rings is 3. The smallest absolute Gasteiger partial charge is 0.128 e. The Morgan fingerprint density at radius 3 is 0.944 bits per heavy atom. The first-order valence-corrected chi connectivity index (χ1v) is 38.3. The van der Waals surface area contributed by atoms with Crippen LogP contribution in [0.25, 0.3) is 21.5 Å². The second kappa shape index (κ2) is 97.5. The van der Waals surface area contributed by atoms with Crippen molar-refractivity contribution in [3.63, 3.8) is 0 Å². The predicted molar refractivity (Wildman–Crippen MR) is 472 cm³/mol. The van der Waals surface area contributed by atoms with Gasteiger partial charge in [-0.2, -0.15) is 0 Å². The summed E-state index contributed by atoms with van der Waals surface area (Å²) in [6.07, 6.45) is 28.7. The molecule has 0 radical (unpaired) electrons. The van der Waals surface area contributed by atoms with E-state index in [1.807, 2.05) is 281 Å². The summed E-state index contributed by atoms with van der Waals surface area (Å²) in [4.78, 5) is 53.5. The molecule has 0 N–H and O–H groups in total. The Hall–Kier alpha value is -10.6. The molecular formula is C93H144N14. The van der Waals surface area contributed by atoms with E-state index < -0.39 is 0 Å². The Labute approximate surface area is 654 Å². The summed E-state index contributed by atoms with van der Waals surface area (Å²) < 4.78 is 0. The summed E-state index contributed by atoms with van der Waals surface area (Å²) in [6, 6.07) is 57.4. The Morgan fingerprint density at radius 2 is 0.617 bits per heavy atom. The number of hydrogen-bond acceptors (Lipinski definition) is 14. The van der Waals surface area contributed by atoms with Gasteiger partial charge in [-0.05, 0) is 162 Å². The Kier molecular flexibility index (Phi) is 105. The molecule has 0 fully saturated rings. The van der Waals surface area contributed by atoms with Crippen LogP contribution in [-0.4, -0.2) is 69.8 Å². The number of rotatable bonds is 0. The number of fused-ring (bicyclic) bond motifs is 2. The highest BCUT2D eigenvalue weighted by molar-refractivity contribution is 5.85. The van der Waals surface area contributed by atoms with Crippen molar-refractivity contribution < 1.29 is 0 Å². The van der Waals surface area contributed by atoms with Crippen molar-refractivity contribution in [1.82, 2.24) is 69.8 Å². The summed E-state index contributed by atoms with van der Waals surface area (Å²) in [5.41, 5.74) is 10.6. The van der Waals surface area contributed by atoms with E-state index in [9.17, 15) is 0 Å². The van der Waals surface area contributed by atoms with Gasteiger partial charge in [-0.25, -0.2) is 44.9 Å². The number of hydrogen-bond donors (Lipinski definition) is 0. The van der Waals surface area contributed by atoms with Crippen LogP contribution >= 0.6 is 0 Å². The molecule has 14 heteroatoms. The maximum absolute atomic E-state index is 3.98. The van der Waals surface area contributed by atoms with Gasteiger partial charge in [0.15, 0.2) is 0 Å². The van der Waals surface area contributed by atoms with Gasteiger partial charge in [-0.15, -0.1) is 0 Å². The van der Waals surface area contributed by atoms with Gasteiger partial charge in [0, 0.05) is 91.9 Å². The minimum absolute atomic E-state index is 0.759. The zero-order valence-electron chi connectivity index (χ0n) is 72.7. The number of aryl methyl sites for hydroxylation is 11. The molecule has 8 aromatic heterocycles. The summed E-state index contributed by atoms with van der Waals surface area (Å²) in [5.74, 6) is 1.58. The van der Waals surface area contributed by atoms with Gasteiger partial charge in [-0.1, -0.05) is 291 Å². The average molecular weight is 1460 g/mol.